The molecule has 0 aliphatic carbocycles. The van der Waals surface area contributed by atoms with Crippen molar-refractivity contribution in [1.29, 1.82) is 0 Å². The summed E-state index contributed by atoms with van der Waals surface area (Å²) in [7, 11) is 0. The molecule has 0 N–H and O–H groups in total. The van der Waals surface area contributed by atoms with Crippen LogP contribution in [-0.4, -0.2) is 54.4 Å². The van der Waals surface area contributed by atoms with Crippen LogP contribution in [-0.2, 0) is 9.59 Å². The Morgan fingerprint density at radius 2 is 1.53 bits per heavy atom. The molecule has 2 saturated heterocycles. The zero-order chi connectivity index (χ0) is 23.8. The van der Waals surface area contributed by atoms with Gasteiger partial charge in [-0.25, -0.2) is 0 Å². The summed E-state index contributed by atoms with van der Waals surface area (Å²) in [4.78, 5) is 31.0. The normalized spacial score (nSPS) is 21.7. The monoisotopic (exact) mass is 462 g/mol. The molecule has 4 rings (SSSR count). The Hall–Kier alpha value is -2.82. The lowest BCUT2D eigenvalue weighted by Crippen LogP contribution is -2.52. The quantitative estimate of drug-likeness (QED) is 0.537. The summed E-state index contributed by atoms with van der Waals surface area (Å²) < 4.78 is 6.23. The number of amides is 2. The SMILES string of the molecule is CC[C@@H](C(=O)N1CCC[C@](COc2ccccc2)(CC(=O)N2CCCCC2)C1)c1ccccc1. The Morgan fingerprint density at radius 3 is 2.21 bits per heavy atom. The largest absolute Gasteiger partial charge is 0.493 e. The second kappa shape index (κ2) is 11.5. The number of para-hydroxylation sites is 1. The van der Waals surface area contributed by atoms with Gasteiger partial charge in [0.25, 0.3) is 0 Å². The van der Waals surface area contributed by atoms with E-state index in [9.17, 15) is 9.59 Å². The van der Waals surface area contributed by atoms with Crippen LogP contribution in [0.5, 0.6) is 5.75 Å². The molecule has 5 heteroatoms. The number of rotatable bonds is 8. The van der Waals surface area contributed by atoms with Gasteiger partial charge in [-0.1, -0.05) is 55.5 Å². The van der Waals surface area contributed by atoms with Gasteiger partial charge >= 0.3 is 0 Å². The lowest BCUT2D eigenvalue weighted by atomic mass is 9.76. The van der Waals surface area contributed by atoms with Crippen molar-refractivity contribution in [3.63, 3.8) is 0 Å². The van der Waals surface area contributed by atoms with Crippen molar-refractivity contribution in [2.45, 2.75) is 57.8 Å². The number of benzene rings is 2. The van der Waals surface area contributed by atoms with E-state index in [0.717, 1.165) is 63.1 Å². The zero-order valence-corrected chi connectivity index (χ0v) is 20.5. The summed E-state index contributed by atoms with van der Waals surface area (Å²) >= 11 is 0. The lowest BCUT2D eigenvalue weighted by Gasteiger charge is -2.44. The molecule has 0 bridgehead atoms. The van der Waals surface area contributed by atoms with Gasteiger partial charge in [0.2, 0.25) is 11.8 Å². The van der Waals surface area contributed by atoms with Crippen LogP contribution < -0.4 is 4.74 Å². The van der Waals surface area contributed by atoms with E-state index in [4.69, 9.17) is 4.74 Å². The Balaban J connectivity index is 1.52. The van der Waals surface area contributed by atoms with Crippen LogP contribution in [0.2, 0.25) is 0 Å². The van der Waals surface area contributed by atoms with Crippen molar-refractivity contribution in [2.75, 3.05) is 32.8 Å². The van der Waals surface area contributed by atoms with Crippen molar-refractivity contribution in [1.82, 2.24) is 9.80 Å². The maximum absolute atomic E-state index is 13.7. The lowest BCUT2D eigenvalue weighted by molar-refractivity contribution is -0.143. The summed E-state index contributed by atoms with van der Waals surface area (Å²) in [6, 6.07) is 19.9. The van der Waals surface area contributed by atoms with Crippen molar-refractivity contribution in [3.8, 4) is 5.75 Å². The maximum Gasteiger partial charge on any atom is 0.230 e. The second-order valence-electron chi connectivity index (χ2n) is 9.95. The summed E-state index contributed by atoms with van der Waals surface area (Å²) in [5.41, 5.74) is 0.698. The molecule has 2 heterocycles. The molecule has 0 unspecified atom stereocenters. The molecule has 182 valence electrons. The molecule has 0 radical (unpaired) electrons. The minimum absolute atomic E-state index is 0.148. The molecule has 2 aliphatic heterocycles. The Labute approximate surface area is 204 Å². The number of ether oxygens (including phenoxy) is 1. The fourth-order valence-electron chi connectivity index (χ4n) is 5.50. The van der Waals surface area contributed by atoms with Crippen LogP contribution in [0.25, 0.3) is 0 Å². The van der Waals surface area contributed by atoms with E-state index >= 15 is 0 Å². The molecule has 5 nitrogen and oxygen atoms in total. The van der Waals surface area contributed by atoms with Crippen LogP contribution in [0.4, 0.5) is 0 Å². The number of nitrogens with zero attached hydrogens (tertiary/aromatic N) is 2. The Kier molecular flexibility index (Phi) is 8.25. The molecule has 0 aromatic heterocycles. The van der Waals surface area contributed by atoms with E-state index in [1.165, 1.54) is 6.42 Å². The van der Waals surface area contributed by atoms with Crippen molar-refractivity contribution < 1.29 is 14.3 Å². The number of carbonyl (C=O) groups is 2. The third-order valence-electron chi connectivity index (χ3n) is 7.40. The molecule has 2 fully saturated rings. The van der Waals surface area contributed by atoms with Gasteiger partial charge in [0.15, 0.2) is 0 Å². The van der Waals surface area contributed by atoms with Crippen molar-refractivity contribution >= 4 is 11.8 Å². The number of hydrogen-bond donors (Lipinski definition) is 0. The number of hydrogen-bond acceptors (Lipinski definition) is 3. The van der Waals surface area contributed by atoms with Crippen molar-refractivity contribution in [2.24, 2.45) is 5.41 Å². The molecular formula is C29H38N2O3. The molecule has 34 heavy (non-hydrogen) atoms. The van der Waals surface area contributed by atoms with Gasteiger partial charge in [0, 0.05) is 38.0 Å². The molecule has 2 atom stereocenters. The summed E-state index contributed by atoms with van der Waals surface area (Å²) in [6.45, 7) is 5.54. The van der Waals surface area contributed by atoms with Crippen LogP contribution in [0, 0.1) is 5.41 Å². The first-order valence-electron chi connectivity index (χ1n) is 12.9. The van der Waals surface area contributed by atoms with Gasteiger partial charge in [-0.3, -0.25) is 9.59 Å². The molecule has 2 aromatic carbocycles. The highest BCUT2D eigenvalue weighted by atomic mass is 16.5. The average Bonchev–Trinajstić information content (AvgIpc) is 2.90. The molecular weight excluding hydrogens is 424 g/mol. The van der Waals surface area contributed by atoms with Gasteiger partial charge in [0.1, 0.15) is 5.75 Å². The van der Waals surface area contributed by atoms with Crippen LogP contribution in [0.15, 0.2) is 60.7 Å². The minimum Gasteiger partial charge on any atom is -0.493 e. The van der Waals surface area contributed by atoms with E-state index in [0.29, 0.717) is 19.6 Å². The first-order valence-corrected chi connectivity index (χ1v) is 12.9. The highest BCUT2D eigenvalue weighted by molar-refractivity contribution is 5.84. The first-order chi connectivity index (χ1) is 16.6. The molecule has 0 spiro atoms. The van der Waals surface area contributed by atoms with E-state index in [1.807, 2.05) is 70.5 Å². The fourth-order valence-corrected chi connectivity index (χ4v) is 5.50. The average molecular weight is 463 g/mol. The van der Waals surface area contributed by atoms with E-state index in [2.05, 4.69) is 6.92 Å². The van der Waals surface area contributed by atoms with Crippen LogP contribution in [0.1, 0.15) is 63.4 Å². The standard InChI is InChI=1S/C29H38N2O3/c1-2-26(24-13-6-3-7-14-24)28(33)31-20-12-17-29(22-31,23-34-25-15-8-4-9-16-25)21-27(32)30-18-10-5-11-19-30/h3-4,6-9,13-16,26H,2,5,10-12,17-23H2,1H3/t26-,29+/m1/s1. The summed E-state index contributed by atoms with van der Waals surface area (Å²) in [5, 5.41) is 0. The van der Waals surface area contributed by atoms with Crippen molar-refractivity contribution in [3.05, 3.63) is 66.2 Å². The highest BCUT2D eigenvalue weighted by Crippen LogP contribution is 2.37. The fraction of sp³-hybridized carbons (Fsp3) is 0.517. The number of piperidine rings is 2. The van der Waals surface area contributed by atoms with E-state index < -0.39 is 0 Å². The van der Waals surface area contributed by atoms with Gasteiger partial charge in [-0.05, 0) is 56.2 Å². The molecule has 2 aliphatic rings. The highest BCUT2D eigenvalue weighted by Gasteiger charge is 2.42. The number of likely N-dealkylation sites (tertiary alicyclic amines) is 2. The van der Waals surface area contributed by atoms with E-state index in [-0.39, 0.29) is 23.1 Å². The minimum atomic E-state index is -0.368. The van der Waals surface area contributed by atoms with Crippen LogP contribution >= 0.6 is 0 Å². The first kappa shape index (κ1) is 24.3. The number of carbonyl (C=O) groups excluding carboxylic acids is 2. The third kappa shape index (κ3) is 5.99. The molecule has 2 amide bonds. The predicted molar refractivity (Wildman–Crippen MR) is 135 cm³/mol. The maximum atomic E-state index is 13.7. The van der Waals surface area contributed by atoms with E-state index in [1.54, 1.807) is 0 Å². The second-order valence-corrected chi connectivity index (χ2v) is 9.95. The molecule has 2 aromatic rings. The summed E-state index contributed by atoms with van der Waals surface area (Å²) in [6.07, 6.45) is 6.35. The Morgan fingerprint density at radius 1 is 0.882 bits per heavy atom. The smallest absolute Gasteiger partial charge is 0.230 e. The van der Waals surface area contributed by atoms with Gasteiger partial charge in [-0.15, -0.1) is 0 Å². The summed E-state index contributed by atoms with van der Waals surface area (Å²) in [5.74, 6) is 1.04. The van der Waals surface area contributed by atoms with Gasteiger partial charge < -0.3 is 14.5 Å². The Bertz CT molecular complexity index is 927. The topological polar surface area (TPSA) is 49.9 Å². The predicted octanol–water partition coefficient (Wildman–Crippen LogP) is 5.27. The third-order valence-corrected chi connectivity index (χ3v) is 7.40. The van der Waals surface area contributed by atoms with Gasteiger partial charge in [0.05, 0.1) is 12.5 Å². The molecule has 0 saturated carbocycles. The van der Waals surface area contributed by atoms with Crippen LogP contribution in [0.3, 0.4) is 0 Å². The zero-order valence-electron chi connectivity index (χ0n) is 20.5. The van der Waals surface area contributed by atoms with Gasteiger partial charge in [-0.2, -0.15) is 0 Å².